The molecule has 40 heavy (non-hydrogen) atoms. The fourth-order valence-electron chi connectivity index (χ4n) is 3.60. The van der Waals surface area contributed by atoms with Gasteiger partial charge in [0, 0.05) is 33.0 Å². The maximum absolute atomic E-state index is 14.7. The number of anilines is 2. The molecule has 0 atom stereocenters. The Morgan fingerprint density at radius 2 is 1.25 bits per heavy atom. The SMILES string of the molecule is CN(C(=O)c1ccccc1)c1cccc(C(=O)Nc2c(C(F)(F)F)ccc(C(F)(C(F)(F)F)C(F)(F)F)c2I)c1. The van der Waals surface area contributed by atoms with E-state index < -0.39 is 62.0 Å². The largest absolute Gasteiger partial charge is 0.435 e. The number of halogens is 11. The molecule has 3 aromatic rings. The minimum absolute atomic E-state index is 0.0814. The monoisotopic (exact) mass is 692 g/mol. The zero-order valence-electron chi connectivity index (χ0n) is 19.8. The maximum Gasteiger partial charge on any atom is 0.435 e. The van der Waals surface area contributed by atoms with Crippen molar-refractivity contribution in [2.75, 3.05) is 17.3 Å². The molecule has 15 heteroatoms. The minimum Gasteiger partial charge on any atom is -0.320 e. The average molecular weight is 692 g/mol. The second-order valence-electron chi connectivity index (χ2n) is 8.24. The lowest BCUT2D eigenvalue weighted by atomic mass is 9.92. The summed E-state index contributed by atoms with van der Waals surface area (Å²) in [4.78, 5) is 26.7. The summed E-state index contributed by atoms with van der Waals surface area (Å²) in [7, 11) is 1.33. The molecular formula is C25H15F10IN2O2. The zero-order valence-corrected chi connectivity index (χ0v) is 21.9. The maximum atomic E-state index is 14.7. The summed E-state index contributed by atoms with van der Waals surface area (Å²) < 4.78 is 134. The number of nitrogens with zero attached hydrogens (tertiary/aromatic N) is 1. The number of rotatable bonds is 5. The van der Waals surface area contributed by atoms with E-state index in [9.17, 15) is 53.5 Å². The van der Waals surface area contributed by atoms with Crippen LogP contribution in [0.25, 0.3) is 0 Å². The quantitative estimate of drug-likeness (QED) is 0.217. The van der Waals surface area contributed by atoms with Crippen molar-refractivity contribution in [2.45, 2.75) is 24.2 Å². The first-order chi connectivity index (χ1) is 18.3. The molecule has 4 nitrogen and oxygen atoms in total. The van der Waals surface area contributed by atoms with E-state index in [-0.39, 0.29) is 23.4 Å². The Bertz CT molecular complexity index is 1410. The molecule has 3 aromatic carbocycles. The third kappa shape index (κ3) is 5.88. The van der Waals surface area contributed by atoms with E-state index in [0.717, 1.165) is 17.0 Å². The van der Waals surface area contributed by atoms with Gasteiger partial charge in [-0.05, 0) is 59.0 Å². The summed E-state index contributed by atoms with van der Waals surface area (Å²) in [6, 6.07) is 12.1. The topological polar surface area (TPSA) is 49.4 Å². The number of hydrogen-bond acceptors (Lipinski definition) is 2. The Labute approximate surface area is 233 Å². The van der Waals surface area contributed by atoms with Crippen LogP contribution in [0.5, 0.6) is 0 Å². The average Bonchev–Trinajstić information content (AvgIpc) is 2.87. The molecule has 0 aliphatic heterocycles. The molecule has 0 saturated carbocycles. The van der Waals surface area contributed by atoms with Crippen LogP contribution in [0.4, 0.5) is 55.3 Å². The first-order valence-electron chi connectivity index (χ1n) is 10.8. The Balaban J connectivity index is 2.08. The van der Waals surface area contributed by atoms with Crippen LogP contribution in [0.2, 0.25) is 0 Å². The smallest absolute Gasteiger partial charge is 0.320 e. The van der Waals surface area contributed by atoms with Crippen molar-refractivity contribution < 1.29 is 53.5 Å². The van der Waals surface area contributed by atoms with Crippen molar-refractivity contribution in [3.63, 3.8) is 0 Å². The molecule has 0 bridgehead atoms. The first-order valence-corrected chi connectivity index (χ1v) is 11.9. The van der Waals surface area contributed by atoms with Crippen LogP contribution in [0.1, 0.15) is 31.8 Å². The van der Waals surface area contributed by atoms with Crippen molar-refractivity contribution in [1.82, 2.24) is 0 Å². The molecule has 0 radical (unpaired) electrons. The highest BCUT2D eigenvalue weighted by atomic mass is 127. The molecule has 214 valence electrons. The summed E-state index contributed by atoms with van der Waals surface area (Å²) in [6.45, 7) is 0. The fraction of sp³-hybridized carbons (Fsp3) is 0.200. The van der Waals surface area contributed by atoms with Crippen molar-refractivity contribution in [2.24, 2.45) is 0 Å². The second kappa shape index (κ2) is 10.9. The van der Waals surface area contributed by atoms with Gasteiger partial charge in [-0.1, -0.05) is 30.3 Å². The molecule has 0 fully saturated rings. The van der Waals surface area contributed by atoms with Gasteiger partial charge in [0.25, 0.3) is 11.8 Å². The minimum atomic E-state index is -6.60. The highest BCUT2D eigenvalue weighted by Gasteiger charge is 2.74. The fourth-order valence-corrected chi connectivity index (χ4v) is 4.58. The molecule has 0 aliphatic rings. The van der Waals surface area contributed by atoms with Gasteiger partial charge in [-0.2, -0.15) is 39.5 Å². The normalized spacial score (nSPS) is 12.7. The van der Waals surface area contributed by atoms with Crippen LogP contribution in [-0.4, -0.2) is 31.2 Å². The lowest BCUT2D eigenvalue weighted by Gasteiger charge is -2.32. The molecule has 0 saturated heterocycles. The molecular weight excluding hydrogens is 677 g/mol. The summed E-state index contributed by atoms with van der Waals surface area (Å²) >= 11 is 0.689. The lowest BCUT2D eigenvalue weighted by Crippen LogP contribution is -2.51. The van der Waals surface area contributed by atoms with E-state index in [1.165, 1.54) is 31.3 Å². The molecule has 2 amide bonds. The van der Waals surface area contributed by atoms with Gasteiger partial charge in [-0.25, -0.2) is 4.39 Å². The Kier molecular flexibility index (Phi) is 8.49. The van der Waals surface area contributed by atoms with Gasteiger partial charge in [-0.3, -0.25) is 9.59 Å². The number of nitrogens with one attached hydrogen (secondary N) is 1. The number of benzene rings is 3. The van der Waals surface area contributed by atoms with E-state index >= 15 is 0 Å². The Hall–Kier alpha value is -3.37. The van der Waals surface area contributed by atoms with Crippen molar-refractivity contribution in [3.05, 3.63) is 92.6 Å². The number of carbonyl (C=O) groups excluding carboxylic acids is 2. The van der Waals surface area contributed by atoms with E-state index in [1.54, 1.807) is 23.5 Å². The van der Waals surface area contributed by atoms with Gasteiger partial charge >= 0.3 is 24.2 Å². The Morgan fingerprint density at radius 1 is 0.725 bits per heavy atom. The third-order valence-electron chi connectivity index (χ3n) is 5.66. The van der Waals surface area contributed by atoms with Crippen molar-refractivity contribution in [3.8, 4) is 0 Å². The van der Waals surface area contributed by atoms with Crippen molar-refractivity contribution >= 4 is 45.8 Å². The predicted octanol–water partition coefficient (Wildman–Crippen LogP) is 8.13. The number of amides is 2. The second-order valence-corrected chi connectivity index (χ2v) is 9.31. The summed E-state index contributed by atoms with van der Waals surface area (Å²) in [5.41, 5.74) is -11.6. The van der Waals surface area contributed by atoms with Gasteiger partial charge in [0.1, 0.15) is 0 Å². The molecule has 0 spiro atoms. The first kappa shape index (κ1) is 31.2. The van der Waals surface area contributed by atoms with Gasteiger partial charge in [-0.15, -0.1) is 0 Å². The molecule has 3 rings (SSSR count). The summed E-state index contributed by atoms with van der Waals surface area (Å²) in [5, 5.41) is 1.67. The summed E-state index contributed by atoms with van der Waals surface area (Å²) in [5.74, 6) is -1.91. The number of alkyl halides is 10. The molecule has 1 N–H and O–H groups in total. The third-order valence-corrected chi connectivity index (χ3v) is 6.78. The predicted molar refractivity (Wildman–Crippen MR) is 133 cm³/mol. The van der Waals surface area contributed by atoms with Crippen molar-refractivity contribution in [1.29, 1.82) is 0 Å². The van der Waals surface area contributed by atoms with Gasteiger partial charge < -0.3 is 10.2 Å². The van der Waals surface area contributed by atoms with Crippen LogP contribution in [0.15, 0.2) is 66.7 Å². The van der Waals surface area contributed by atoms with Crippen LogP contribution >= 0.6 is 22.6 Å². The van der Waals surface area contributed by atoms with E-state index in [0.29, 0.717) is 22.6 Å². The van der Waals surface area contributed by atoms with Crippen LogP contribution in [-0.2, 0) is 11.8 Å². The zero-order chi connectivity index (χ0) is 30.3. The number of hydrogen-bond donors (Lipinski definition) is 1. The van der Waals surface area contributed by atoms with E-state index in [2.05, 4.69) is 0 Å². The molecule has 0 unspecified atom stereocenters. The van der Waals surface area contributed by atoms with E-state index in [4.69, 9.17) is 0 Å². The number of carbonyl (C=O) groups is 2. The van der Waals surface area contributed by atoms with Crippen LogP contribution in [0.3, 0.4) is 0 Å². The summed E-state index contributed by atoms with van der Waals surface area (Å²) in [6.07, 6.45) is -18.6. The van der Waals surface area contributed by atoms with E-state index in [1.807, 2.05) is 0 Å². The molecule has 0 heterocycles. The molecule has 0 aromatic heterocycles. The van der Waals surface area contributed by atoms with Gasteiger partial charge in [0.15, 0.2) is 0 Å². The van der Waals surface area contributed by atoms with Crippen LogP contribution in [0, 0.1) is 3.57 Å². The Morgan fingerprint density at radius 3 is 1.77 bits per heavy atom. The highest BCUT2D eigenvalue weighted by Crippen LogP contribution is 2.55. The lowest BCUT2D eigenvalue weighted by molar-refractivity contribution is -0.348. The highest BCUT2D eigenvalue weighted by molar-refractivity contribution is 14.1. The van der Waals surface area contributed by atoms with Crippen LogP contribution < -0.4 is 10.2 Å². The standard InChI is InChI=1S/C25H15F10IN2O2/c1-38(21(40)13-6-3-2-4-7-13)15-9-5-8-14(12-15)20(39)37-19-17(23(27,28)29)11-10-16(18(19)36)22(26,24(30,31)32)25(33,34)35/h2-12H,1H3,(H,37,39). The van der Waals surface area contributed by atoms with Gasteiger partial charge in [0.05, 0.1) is 11.3 Å². The molecule has 0 aliphatic carbocycles. The van der Waals surface area contributed by atoms with Gasteiger partial charge in [0.2, 0.25) is 0 Å².